The van der Waals surface area contributed by atoms with Gasteiger partial charge in [0, 0.05) is 25.2 Å². The fraction of sp³-hybridized carbons (Fsp3) is 0.400. The molecule has 86 valence electrons. The maximum Gasteiger partial charge on any atom is 0.329 e. The number of H-pyrrole nitrogens is 1. The molecule has 5 nitrogen and oxygen atoms in total. The molecule has 16 heavy (non-hydrogen) atoms. The van der Waals surface area contributed by atoms with Crippen molar-refractivity contribution in [1.82, 2.24) is 14.9 Å². The smallest absolute Gasteiger partial charge is 0.312 e. The van der Waals surface area contributed by atoms with Crippen LogP contribution in [0.4, 0.5) is 0 Å². The molecule has 0 spiro atoms. The van der Waals surface area contributed by atoms with Gasteiger partial charge in [0.15, 0.2) is 0 Å². The minimum absolute atomic E-state index is 0. The van der Waals surface area contributed by atoms with Crippen LogP contribution in [0.3, 0.4) is 0 Å². The lowest BCUT2D eigenvalue weighted by molar-refractivity contribution is 0.590. The Morgan fingerprint density at radius 1 is 1.44 bits per heavy atom. The molecule has 1 aromatic rings. The minimum atomic E-state index is -0.418. The van der Waals surface area contributed by atoms with Crippen LogP contribution in [0, 0.1) is 12.3 Å². The number of halogens is 1. The molecule has 0 saturated carbocycles. The van der Waals surface area contributed by atoms with Gasteiger partial charge in [-0.3, -0.25) is 4.79 Å². The highest BCUT2D eigenvalue weighted by Crippen LogP contribution is 2.03. The van der Waals surface area contributed by atoms with Crippen LogP contribution < -0.4 is 16.6 Å². The van der Waals surface area contributed by atoms with Crippen LogP contribution in [0.2, 0.25) is 0 Å². The first kappa shape index (κ1) is 12.6. The minimum Gasteiger partial charge on any atom is -0.312 e. The van der Waals surface area contributed by atoms with Gasteiger partial charge >= 0.3 is 5.69 Å². The third-order valence-electron chi connectivity index (χ3n) is 2.47. The van der Waals surface area contributed by atoms with Crippen molar-refractivity contribution >= 4 is 12.4 Å². The number of nitrogens with one attached hydrogen (secondary N) is 2. The zero-order chi connectivity index (χ0) is 10.8. The molecule has 0 bridgehead atoms. The molecular formula is C10H12ClN3O2. The molecule has 0 saturated heterocycles. The van der Waals surface area contributed by atoms with Gasteiger partial charge in [0.2, 0.25) is 0 Å². The number of terminal acetylenes is 1. The molecule has 0 aromatic carbocycles. The van der Waals surface area contributed by atoms with Crippen LogP contribution in [-0.4, -0.2) is 16.1 Å². The van der Waals surface area contributed by atoms with Gasteiger partial charge in [-0.15, -0.1) is 18.8 Å². The summed E-state index contributed by atoms with van der Waals surface area (Å²) in [5.41, 5.74) is 0.658. The molecule has 0 aliphatic carbocycles. The molecule has 0 amide bonds. The Hall–Kier alpha value is -1.51. The molecule has 0 unspecified atom stereocenters. The van der Waals surface area contributed by atoms with E-state index in [-0.39, 0.29) is 24.5 Å². The first-order valence-corrected chi connectivity index (χ1v) is 4.73. The number of nitrogens with zero attached hydrogens (tertiary/aromatic N) is 1. The maximum absolute atomic E-state index is 11.8. The summed E-state index contributed by atoms with van der Waals surface area (Å²) >= 11 is 0. The standard InChI is InChI=1S/C10H11N3O2.ClH/c1-2-5-13-9(14)7-6-11-4-3-8(7)12-10(13)15;/h1,11H,3-6H2,(H,12,15);1H. The lowest BCUT2D eigenvalue weighted by Crippen LogP contribution is -2.42. The Kier molecular flexibility index (Phi) is 3.93. The number of aromatic nitrogens is 2. The zero-order valence-corrected chi connectivity index (χ0v) is 9.39. The van der Waals surface area contributed by atoms with E-state index in [2.05, 4.69) is 16.2 Å². The van der Waals surface area contributed by atoms with Gasteiger partial charge < -0.3 is 10.3 Å². The topological polar surface area (TPSA) is 66.9 Å². The van der Waals surface area contributed by atoms with Crippen molar-refractivity contribution in [2.75, 3.05) is 6.54 Å². The van der Waals surface area contributed by atoms with Gasteiger partial charge in [-0.05, 0) is 0 Å². The van der Waals surface area contributed by atoms with Crippen molar-refractivity contribution in [3.63, 3.8) is 0 Å². The summed E-state index contributed by atoms with van der Waals surface area (Å²) in [6.07, 6.45) is 5.77. The van der Waals surface area contributed by atoms with E-state index in [1.54, 1.807) is 0 Å². The average molecular weight is 242 g/mol. The lowest BCUT2D eigenvalue weighted by atomic mass is 10.1. The Morgan fingerprint density at radius 3 is 2.88 bits per heavy atom. The highest BCUT2D eigenvalue weighted by atomic mass is 35.5. The van der Waals surface area contributed by atoms with Crippen LogP contribution in [0.5, 0.6) is 0 Å². The Bertz CT molecular complexity index is 538. The van der Waals surface area contributed by atoms with E-state index in [9.17, 15) is 9.59 Å². The second kappa shape index (κ2) is 5.01. The van der Waals surface area contributed by atoms with Crippen molar-refractivity contribution in [3.05, 3.63) is 32.1 Å². The third-order valence-corrected chi connectivity index (χ3v) is 2.47. The highest BCUT2D eigenvalue weighted by molar-refractivity contribution is 5.85. The fourth-order valence-electron chi connectivity index (χ4n) is 1.71. The summed E-state index contributed by atoms with van der Waals surface area (Å²) in [6, 6.07) is 0. The van der Waals surface area contributed by atoms with Gasteiger partial charge in [-0.1, -0.05) is 5.92 Å². The van der Waals surface area contributed by atoms with Crippen LogP contribution in [0.15, 0.2) is 9.59 Å². The molecule has 2 heterocycles. The lowest BCUT2D eigenvalue weighted by Gasteiger charge is -2.16. The summed E-state index contributed by atoms with van der Waals surface area (Å²) < 4.78 is 1.05. The Balaban J connectivity index is 0.00000128. The van der Waals surface area contributed by atoms with Crippen molar-refractivity contribution in [2.45, 2.75) is 19.5 Å². The van der Waals surface area contributed by atoms with Gasteiger partial charge in [0.05, 0.1) is 12.1 Å². The predicted octanol–water partition coefficient (Wildman–Crippen LogP) is -0.763. The van der Waals surface area contributed by atoms with Crippen molar-refractivity contribution in [3.8, 4) is 12.3 Å². The summed E-state index contributed by atoms with van der Waals surface area (Å²) in [5.74, 6) is 2.30. The van der Waals surface area contributed by atoms with Crippen molar-refractivity contribution in [2.24, 2.45) is 0 Å². The average Bonchev–Trinajstić information content (AvgIpc) is 2.24. The molecule has 1 aliphatic rings. The molecule has 2 rings (SSSR count). The van der Waals surface area contributed by atoms with Gasteiger partial charge in [-0.25, -0.2) is 9.36 Å². The second-order valence-electron chi connectivity index (χ2n) is 3.41. The molecule has 0 fully saturated rings. The quantitative estimate of drug-likeness (QED) is 0.635. The fourth-order valence-corrected chi connectivity index (χ4v) is 1.71. The summed E-state index contributed by atoms with van der Waals surface area (Å²) in [7, 11) is 0. The molecule has 0 radical (unpaired) electrons. The number of hydrogen-bond acceptors (Lipinski definition) is 3. The highest BCUT2D eigenvalue weighted by Gasteiger charge is 2.15. The molecule has 2 N–H and O–H groups in total. The number of hydrogen-bond donors (Lipinski definition) is 2. The predicted molar refractivity (Wildman–Crippen MR) is 62.8 cm³/mol. The molecular weight excluding hydrogens is 230 g/mol. The van der Waals surface area contributed by atoms with Crippen LogP contribution in [0.1, 0.15) is 11.3 Å². The number of fused-ring (bicyclic) bond motifs is 1. The first-order valence-electron chi connectivity index (χ1n) is 4.73. The van der Waals surface area contributed by atoms with Gasteiger partial charge in [0.25, 0.3) is 5.56 Å². The molecule has 0 atom stereocenters. The van der Waals surface area contributed by atoms with Crippen LogP contribution in [-0.2, 0) is 19.5 Å². The van der Waals surface area contributed by atoms with E-state index in [4.69, 9.17) is 6.42 Å². The molecule has 1 aromatic heterocycles. The Labute approximate surface area is 98.3 Å². The summed E-state index contributed by atoms with van der Waals surface area (Å²) in [4.78, 5) is 26.0. The van der Waals surface area contributed by atoms with Crippen LogP contribution in [0.25, 0.3) is 0 Å². The monoisotopic (exact) mass is 241 g/mol. The van der Waals surface area contributed by atoms with E-state index in [1.165, 1.54) is 0 Å². The van der Waals surface area contributed by atoms with E-state index >= 15 is 0 Å². The van der Waals surface area contributed by atoms with Crippen molar-refractivity contribution < 1.29 is 0 Å². The van der Waals surface area contributed by atoms with Crippen molar-refractivity contribution in [1.29, 1.82) is 0 Å². The second-order valence-corrected chi connectivity index (χ2v) is 3.41. The summed E-state index contributed by atoms with van der Waals surface area (Å²) in [6.45, 7) is 1.29. The SMILES string of the molecule is C#CCn1c(=O)[nH]c2c(c1=O)CNCC2.Cl. The molecule has 6 heteroatoms. The normalized spacial score (nSPS) is 13.4. The third kappa shape index (κ3) is 2.03. The van der Waals surface area contributed by atoms with Gasteiger partial charge in [-0.2, -0.15) is 0 Å². The van der Waals surface area contributed by atoms with E-state index in [1.807, 2.05) is 0 Å². The zero-order valence-electron chi connectivity index (χ0n) is 8.58. The largest absolute Gasteiger partial charge is 0.329 e. The number of rotatable bonds is 1. The summed E-state index contributed by atoms with van der Waals surface area (Å²) in [5, 5.41) is 3.08. The van der Waals surface area contributed by atoms with Gasteiger partial charge in [0.1, 0.15) is 0 Å². The van der Waals surface area contributed by atoms with Crippen LogP contribution >= 0.6 is 12.4 Å². The van der Waals surface area contributed by atoms with E-state index in [0.29, 0.717) is 18.5 Å². The first-order chi connectivity index (χ1) is 7.24. The molecule has 1 aliphatic heterocycles. The van der Waals surface area contributed by atoms with E-state index < -0.39 is 5.69 Å². The number of aromatic amines is 1. The Morgan fingerprint density at radius 2 is 2.19 bits per heavy atom. The maximum atomic E-state index is 11.8. The van der Waals surface area contributed by atoms with E-state index in [0.717, 1.165) is 16.8 Å².